The number of unbranched alkanes of at least 4 members (excludes halogenated alkanes) is 6. The monoisotopic (exact) mass is 833 g/mol. The maximum absolute atomic E-state index is 12.0. The molecule has 4 heterocycles. The van der Waals surface area contributed by atoms with Gasteiger partial charge in [-0.1, -0.05) is 48.6 Å². The molecule has 0 N–H and O–H groups in total. The fraction of sp³-hybridized carbons (Fsp3) is 0.583. The molecule has 0 aromatic carbocycles. The molecule has 0 spiro atoms. The Bertz CT molecular complexity index is 1260. The van der Waals surface area contributed by atoms with Gasteiger partial charge in [-0.3, -0.25) is 0 Å². The Morgan fingerprint density at radius 1 is 0.283 bits per heavy atom. The smallest absolute Gasteiger partial charge is 0.320 e. The van der Waals surface area contributed by atoms with Crippen LogP contribution in [0.25, 0.3) is 0 Å². The summed E-state index contributed by atoms with van der Waals surface area (Å²) >= 11 is 0. The fourth-order valence-corrected chi connectivity index (χ4v) is 6.96. The molecule has 0 radical (unpaired) electrons. The molecule has 4 fully saturated rings. The van der Waals surface area contributed by atoms with Gasteiger partial charge in [-0.2, -0.15) is 0 Å². The summed E-state index contributed by atoms with van der Waals surface area (Å²) in [6, 6.07) is 0.684. The van der Waals surface area contributed by atoms with Gasteiger partial charge in [0.2, 0.25) is 0 Å². The van der Waals surface area contributed by atoms with Crippen LogP contribution < -0.4 is 0 Å². The van der Waals surface area contributed by atoms with E-state index in [2.05, 4.69) is 52.6 Å². The molecule has 0 aromatic rings. The fourth-order valence-electron chi connectivity index (χ4n) is 6.96. The lowest BCUT2D eigenvalue weighted by atomic mass is 10.2. The summed E-state index contributed by atoms with van der Waals surface area (Å²) in [5.74, 6) is 0. The first-order chi connectivity index (χ1) is 29.2. The van der Waals surface area contributed by atoms with Gasteiger partial charge >= 0.3 is 24.1 Å². The van der Waals surface area contributed by atoms with E-state index in [1.807, 2.05) is 65.9 Å². The molecular formula is C48H80N8O4. The van der Waals surface area contributed by atoms with Crippen molar-refractivity contribution in [1.82, 2.24) is 39.2 Å². The third-order valence-electron chi connectivity index (χ3n) is 10.5. The summed E-state index contributed by atoms with van der Waals surface area (Å²) in [6.45, 7) is 42.6. The highest BCUT2D eigenvalue weighted by molar-refractivity contribution is 5.78. The predicted octanol–water partition coefficient (Wildman–Crippen LogP) is 9.07. The van der Waals surface area contributed by atoms with Crippen molar-refractivity contribution < 1.29 is 19.2 Å². The summed E-state index contributed by atoms with van der Waals surface area (Å²) in [4.78, 5) is 62.2. The van der Waals surface area contributed by atoms with E-state index in [4.69, 9.17) is 0 Å². The highest BCUT2D eigenvalue weighted by Gasteiger charge is 2.29. The molecule has 0 atom stereocenters. The molecule has 12 heteroatoms. The van der Waals surface area contributed by atoms with Gasteiger partial charge in [0.05, 0.1) is 0 Å². The van der Waals surface area contributed by atoms with Crippen molar-refractivity contribution in [2.45, 2.75) is 77.0 Å². The van der Waals surface area contributed by atoms with Gasteiger partial charge < -0.3 is 39.2 Å². The quantitative estimate of drug-likeness (QED) is 0.0581. The number of amides is 8. The zero-order chi connectivity index (χ0) is 44.4. The maximum atomic E-state index is 12.0. The van der Waals surface area contributed by atoms with Crippen LogP contribution in [0.4, 0.5) is 19.2 Å². The van der Waals surface area contributed by atoms with E-state index in [1.54, 1.807) is 22.0 Å². The Kier molecular flexibility index (Phi) is 29.9. The Balaban J connectivity index is 0.000000404. The van der Waals surface area contributed by atoms with Crippen LogP contribution in [0.1, 0.15) is 77.0 Å². The first-order valence-electron chi connectivity index (χ1n) is 22.2. The minimum atomic E-state index is 0.0924. The lowest BCUT2D eigenvalue weighted by Gasteiger charge is -2.18. The molecule has 4 aliphatic rings. The number of carbonyl (C=O) groups is 4. The third-order valence-corrected chi connectivity index (χ3v) is 10.5. The molecule has 336 valence electrons. The third kappa shape index (κ3) is 20.8. The lowest BCUT2D eigenvalue weighted by molar-refractivity contribution is 0.190. The number of allylic oxidation sites excluding steroid dienone is 4. The van der Waals surface area contributed by atoms with Crippen molar-refractivity contribution in [2.24, 2.45) is 0 Å². The van der Waals surface area contributed by atoms with Crippen LogP contribution in [0.2, 0.25) is 0 Å². The maximum Gasteiger partial charge on any atom is 0.320 e. The molecule has 60 heavy (non-hydrogen) atoms. The van der Waals surface area contributed by atoms with Crippen LogP contribution in [-0.4, -0.2) is 168 Å². The van der Waals surface area contributed by atoms with Gasteiger partial charge in [0.1, 0.15) is 0 Å². The second kappa shape index (κ2) is 33.8. The first-order valence-corrected chi connectivity index (χ1v) is 22.2. The minimum absolute atomic E-state index is 0.0924. The average Bonchev–Trinajstić information content (AvgIpc) is 4.00. The van der Waals surface area contributed by atoms with Crippen LogP contribution in [-0.2, 0) is 0 Å². The van der Waals surface area contributed by atoms with Gasteiger partial charge in [-0.05, 0) is 77.0 Å². The molecule has 12 nitrogen and oxygen atoms in total. The molecule has 4 saturated heterocycles. The van der Waals surface area contributed by atoms with Crippen LogP contribution in [0.15, 0.2) is 101 Å². The highest BCUT2D eigenvalue weighted by Crippen LogP contribution is 2.14. The normalized spacial score (nSPS) is 15.9. The minimum Gasteiger partial charge on any atom is -0.323 e. The lowest BCUT2D eigenvalue weighted by Crippen LogP contribution is -2.33. The SMILES string of the molecule is C=CCCCCN1CCN(CCCCC=C)C1=O.C=CCCCN1CCN(CCCC=C)C1=O.C=CCCN1CCN(CCC=C)C1=O.C=CCN1CCN(CC=C)C1=O. The van der Waals surface area contributed by atoms with Crippen LogP contribution >= 0.6 is 0 Å². The van der Waals surface area contributed by atoms with Crippen LogP contribution in [0, 0.1) is 0 Å². The number of rotatable bonds is 28. The summed E-state index contributed by atoms with van der Waals surface area (Å²) in [5, 5.41) is 0. The molecule has 0 aliphatic carbocycles. The molecule has 0 saturated carbocycles. The number of nitrogens with zero attached hydrogens (tertiary/aromatic N) is 8. The molecule has 4 rings (SSSR count). The summed E-state index contributed by atoms with van der Waals surface area (Å²) in [5.41, 5.74) is 0. The Labute approximate surface area is 364 Å². The average molecular weight is 833 g/mol. The standard InChI is InChI=1S/C15H26N2O.C13H22N2O.C11H18N2O.C9H14N2O/c1-3-5-7-9-11-16-13-14-17(15(16)18)12-10-8-6-4-2;1-3-5-7-9-14-11-12-15(13(14)16)10-8-6-4-2;1-3-5-7-12-9-10-13(11(12)14)8-6-4-2;1-3-5-10-7-8-11(6-4-2)9(10)12/h3-4H,1-2,5-14H2;3-4H,1-2,5-12H2;3-4H,1-2,5-10H2;3-4H,1-2,5-8H2. The van der Waals surface area contributed by atoms with Crippen molar-refractivity contribution in [1.29, 1.82) is 0 Å². The molecular weight excluding hydrogens is 753 g/mol. The van der Waals surface area contributed by atoms with Gasteiger partial charge in [0.25, 0.3) is 0 Å². The van der Waals surface area contributed by atoms with Gasteiger partial charge in [0, 0.05) is 105 Å². The number of carbonyl (C=O) groups excluding carboxylic acids is 4. The summed E-state index contributed by atoms with van der Waals surface area (Å²) in [7, 11) is 0. The number of hydrogen-bond acceptors (Lipinski definition) is 4. The number of urea groups is 4. The Morgan fingerprint density at radius 2 is 0.517 bits per heavy atom. The second-order valence-corrected chi connectivity index (χ2v) is 15.1. The van der Waals surface area contributed by atoms with Gasteiger partial charge in [-0.25, -0.2) is 19.2 Å². The zero-order valence-electron chi connectivity index (χ0n) is 37.3. The van der Waals surface area contributed by atoms with E-state index in [9.17, 15) is 19.2 Å². The van der Waals surface area contributed by atoms with Crippen molar-refractivity contribution in [3.63, 3.8) is 0 Å². The van der Waals surface area contributed by atoms with Crippen LogP contribution in [0.3, 0.4) is 0 Å². The van der Waals surface area contributed by atoms with E-state index in [0.717, 1.165) is 169 Å². The van der Waals surface area contributed by atoms with E-state index in [0.29, 0.717) is 13.1 Å². The van der Waals surface area contributed by atoms with E-state index >= 15 is 0 Å². The van der Waals surface area contributed by atoms with E-state index in [1.165, 1.54) is 0 Å². The molecule has 0 aromatic heterocycles. The first kappa shape index (κ1) is 53.0. The topological polar surface area (TPSA) is 94.2 Å². The highest BCUT2D eigenvalue weighted by atomic mass is 16.2. The van der Waals surface area contributed by atoms with Gasteiger partial charge in [-0.15, -0.1) is 52.6 Å². The van der Waals surface area contributed by atoms with Crippen molar-refractivity contribution >= 4 is 24.1 Å². The van der Waals surface area contributed by atoms with Crippen molar-refractivity contribution in [2.75, 3.05) is 105 Å². The van der Waals surface area contributed by atoms with E-state index < -0.39 is 0 Å². The predicted molar refractivity (Wildman–Crippen MR) is 251 cm³/mol. The Morgan fingerprint density at radius 3 is 0.800 bits per heavy atom. The van der Waals surface area contributed by atoms with Crippen molar-refractivity contribution in [3.05, 3.63) is 101 Å². The molecule has 0 bridgehead atoms. The van der Waals surface area contributed by atoms with Crippen molar-refractivity contribution in [3.8, 4) is 0 Å². The number of hydrogen-bond donors (Lipinski definition) is 0. The summed E-state index contributed by atoms with van der Waals surface area (Å²) < 4.78 is 0. The summed E-state index contributed by atoms with van der Waals surface area (Å²) in [6.07, 6.45) is 27.2. The largest absolute Gasteiger partial charge is 0.323 e. The Hall–Kier alpha value is -5.00. The van der Waals surface area contributed by atoms with Gasteiger partial charge in [0.15, 0.2) is 0 Å². The second-order valence-electron chi connectivity index (χ2n) is 15.1. The van der Waals surface area contributed by atoms with E-state index in [-0.39, 0.29) is 24.1 Å². The molecule has 0 unspecified atom stereocenters. The van der Waals surface area contributed by atoms with Crippen LogP contribution in [0.5, 0.6) is 0 Å². The zero-order valence-corrected chi connectivity index (χ0v) is 37.3. The molecule has 8 amide bonds. The molecule has 4 aliphatic heterocycles.